The number of rotatable bonds is 2. The quantitative estimate of drug-likeness (QED) is 0.819. The molecule has 2 N–H and O–H groups in total. The molecule has 0 fully saturated rings. The van der Waals surface area contributed by atoms with Gasteiger partial charge < -0.3 is 10.3 Å². The van der Waals surface area contributed by atoms with E-state index in [4.69, 9.17) is 17.3 Å². The third-order valence-electron chi connectivity index (χ3n) is 3.06. The fourth-order valence-electron chi connectivity index (χ4n) is 1.67. The van der Waals surface area contributed by atoms with Crippen LogP contribution in [0.5, 0.6) is 0 Å². The number of nitrogens with zero attached hydrogens (tertiary/aromatic N) is 3. The van der Waals surface area contributed by atoms with Crippen LogP contribution in [0.4, 0.5) is 5.82 Å². The third-order valence-corrected chi connectivity index (χ3v) is 3.23. The number of fused-ring (bicyclic) bond motifs is 1. The summed E-state index contributed by atoms with van der Waals surface area (Å²) in [5.41, 5.74) is 6.59. The Balaban J connectivity index is 2.74. The minimum atomic E-state index is -0.00806. The molecule has 0 aliphatic carbocycles. The van der Waals surface area contributed by atoms with E-state index >= 15 is 0 Å². The number of aromatic nitrogens is 3. The van der Waals surface area contributed by atoms with Gasteiger partial charge in [0.2, 0.25) is 5.28 Å². The Hall–Kier alpha value is -1.29. The molecule has 0 radical (unpaired) electrons. The van der Waals surface area contributed by atoms with Gasteiger partial charge in [-0.05, 0) is 37.9 Å². The van der Waals surface area contributed by atoms with Crippen molar-refractivity contribution in [2.24, 2.45) is 0 Å². The highest BCUT2D eigenvalue weighted by atomic mass is 35.5. The van der Waals surface area contributed by atoms with E-state index < -0.39 is 0 Å². The molecule has 2 aromatic rings. The van der Waals surface area contributed by atoms with Crippen molar-refractivity contribution < 1.29 is 0 Å². The van der Waals surface area contributed by atoms with Gasteiger partial charge in [-0.25, -0.2) is 4.98 Å². The van der Waals surface area contributed by atoms with Crippen molar-refractivity contribution >= 4 is 28.5 Å². The lowest BCUT2D eigenvalue weighted by Crippen LogP contribution is -2.24. The topological polar surface area (TPSA) is 56.7 Å². The van der Waals surface area contributed by atoms with Crippen LogP contribution in [0.15, 0.2) is 12.3 Å². The highest BCUT2D eigenvalue weighted by Crippen LogP contribution is 2.28. The number of nitrogen functional groups attached to an aromatic ring is 1. The summed E-state index contributed by atoms with van der Waals surface area (Å²) in [4.78, 5) is 8.19. The van der Waals surface area contributed by atoms with Gasteiger partial charge in [-0.2, -0.15) is 4.98 Å². The number of nitrogens with two attached hydrogens (primary N) is 1. The number of halogens is 1. The second-order valence-electron chi connectivity index (χ2n) is 4.47. The zero-order valence-electron chi connectivity index (χ0n) is 9.66. The van der Waals surface area contributed by atoms with Crippen LogP contribution >= 0.6 is 11.6 Å². The van der Waals surface area contributed by atoms with Gasteiger partial charge in [0.05, 0.1) is 5.39 Å². The molecule has 5 heteroatoms. The molecule has 0 amide bonds. The Labute approximate surface area is 99.4 Å². The minimum absolute atomic E-state index is 0.00806. The summed E-state index contributed by atoms with van der Waals surface area (Å²) in [6.45, 7) is 6.44. The van der Waals surface area contributed by atoms with E-state index in [1.165, 1.54) is 0 Å². The molecule has 0 saturated heterocycles. The summed E-state index contributed by atoms with van der Waals surface area (Å²) in [6, 6.07) is 1.93. The Morgan fingerprint density at radius 2 is 2.12 bits per heavy atom. The molecule has 0 atom stereocenters. The van der Waals surface area contributed by atoms with Crippen molar-refractivity contribution in [2.75, 3.05) is 5.73 Å². The van der Waals surface area contributed by atoms with Gasteiger partial charge >= 0.3 is 0 Å². The molecule has 0 bridgehead atoms. The summed E-state index contributed by atoms with van der Waals surface area (Å²) in [6.07, 6.45) is 2.98. The van der Waals surface area contributed by atoms with Crippen molar-refractivity contribution in [3.8, 4) is 0 Å². The molecule has 0 spiro atoms. The lowest BCUT2D eigenvalue weighted by atomic mass is 10.0. The molecule has 2 heterocycles. The normalized spacial score (nSPS) is 12.2. The number of hydrogen-bond acceptors (Lipinski definition) is 3. The predicted molar refractivity (Wildman–Crippen MR) is 66.6 cm³/mol. The molecule has 2 rings (SSSR count). The highest BCUT2D eigenvalue weighted by molar-refractivity contribution is 6.28. The van der Waals surface area contributed by atoms with Crippen LogP contribution in [0, 0.1) is 0 Å². The zero-order chi connectivity index (χ0) is 11.9. The summed E-state index contributed by atoms with van der Waals surface area (Å²) in [5, 5.41) is 1.04. The molecule has 0 unspecified atom stereocenters. The van der Waals surface area contributed by atoms with E-state index in [9.17, 15) is 0 Å². The van der Waals surface area contributed by atoms with Gasteiger partial charge in [0.15, 0.2) is 0 Å². The zero-order valence-corrected chi connectivity index (χ0v) is 10.4. The first-order valence-corrected chi connectivity index (χ1v) is 5.64. The maximum absolute atomic E-state index is 5.83. The van der Waals surface area contributed by atoms with Gasteiger partial charge in [0, 0.05) is 11.7 Å². The first-order valence-electron chi connectivity index (χ1n) is 5.26. The van der Waals surface area contributed by atoms with E-state index in [1.807, 2.05) is 12.3 Å². The van der Waals surface area contributed by atoms with Crippen LogP contribution < -0.4 is 5.73 Å². The molecule has 16 heavy (non-hydrogen) atoms. The molecule has 86 valence electrons. The van der Waals surface area contributed by atoms with E-state index in [0.29, 0.717) is 5.82 Å². The first kappa shape index (κ1) is 11.2. The third kappa shape index (κ3) is 1.63. The predicted octanol–water partition coefficient (Wildman–Crippen LogP) is 2.81. The fraction of sp³-hybridized carbons (Fsp3) is 0.455. The van der Waals surface area contributed by atoms with Crippen molar-refractivity contribution in [2.45, 2.75) is 32.7 Å². The maximum Gasteiger partial charge on any atom is 0.226 e. The van der Waals surface area contributed by atoms with E-state index in [2.05, 4.69) is 35.3 Å². The van der Waals surface area contributed by atoms with Gasteiger partial charge in [0.25, 0.3) is 0 Å². The highest BCUT2D eigenvalue weighted by Gasteiger charge is 2.21. The van der Waals surface area contributed by atoms with E-state index in [-0.39, 0.29) is 10.8 Å². The summed E-state index contributed by atoms with van der Waals surface area (Å²) in [7, 11) is 0. The molecule has 0 aliphatic rings. The van der Waals surface area contributed by atoms with Crippen LogP contribution in [0.2, 0.25) is 5.28 Å². The first-order chi connectivity index (χ1) is 7.45. The fourth-order valence-corrected chi connectivity index (χ4v) is 1.84. The molecule has 2 aromatic heterocycles. The average molecular weight is 239 g/mol. The standard InChI is InChI=1S/C11H15ClN4/c1-4-11(2,3)16-6-5-7-8(13)14-10(12)15-9(7)16/h5-6H,4H2,1-3H3,(H2,13,14,15). The van der Waals surface area contributed by atoms with Gasteiger partial charge in [-0.15, -0.1) is 0 Å². The summed E-state index contributed by atoms with van der Waals surface area (Å²) in [5.74, 6) is 0.431. The van der Waals surface area contributed by atoms with Crippen LogP contribution in [-0.4, -0.2) is 14.5 Å². The van der Waals surface area contributed by atoms with Crippen molar-refractivity contribution in [3.05, 3.63) is 17.5 Å². The average Bonchev–Trinajstić information content (AvgIpc) is 2.62. The van der Waals surface area contributed by atoms with Crippen LogP contribution in [0.1, 0.15) is 27.2 Å². The van der Waals surface area contributed by atoms with Crippen molar-refractivity contribution in [1.82, 2.24) is 14.5 Å². The van der Waals surface area contributed by atoms with Crippen molar-refractivity contribution in [3.63, 3.8) is 0 Å². The minimum Gasteiger partial charge on any atom is -0.383 e. The second kappa shape index (κ2) is 3.63. The van der Waals surface area contributed by atoms with Gasteiger partial charge in [-0.3, -0.25) is 0 Å². The molecule has 0 aromatic carbocycles. The van der Waals surface area contributed by atoms with Gasteiger partial charge in [-0.1, -0.05) is 6.92 Å². The summed E-state index contributed by atoms with van der Waals surface area (Å²) < 4.78 is 2.09. The number of anilines is 1. The SMILES string of the molecule is CCC(C)(C)n1ccc2c(N)nc(Cl)nc21. The summed E-state index contributed by atoms with van der Waals surface area (Å²) >= 11 is 5.83. The molecule has 0 saturated carbocycles. The molecular formula is C11H15ClN4. The van der Waals surface area contributed by atoms with E-state index in [1.54, 1.807) is 0 Å². The number of hydrogen-bond donors (Lipinski definition) is 1. The van der Waals surface area contributed by atoms with Crippen LogP contribution in [0.25, 0.3) is 11.0 Å². The second-order valence-corrected chi connectivity index (χ2v) is 4.80. The Bertz CT molecular complexity index is 530. The Morgan fingerprint density at radius 1 is 1.44 bits per heavy atom. The molecular weight excluding hydrogens is 224 g/mol. The maximum atomic E-state index is 5.83. The van der Waals surface area contributed by atoms with Crippen LogP contribution in [0.3, 0.4) is 0 Å². The smallest absolute Gasteiger partial charge is 0.226 e. The van der Waals surface area contributed by atoms with Crippen molar-refractivity contribution in [1.29, 1.82) is 0 Å². The monoisotopic (exact) mass is 238 g/mol. The molecule has 0 aliphatic heterocycles. The Morgan fingerprint density at radius 3 is 2.75 bits per heavy atom. The lowest BCUT2D eigenvalue weighted by Gasteiger charge is -2.25. The van der Waals surface area contributed by atoms with E-state index in [0.717, 1.165) is 17.5 Å². The largest absolute Gasteiger partial charge is 0.383 e. The Kier molecular flexibility index (Phi) is 2.54. The lowest BCUT2D eigenvalue weighted by molar-refractivity contribution is 0.352. The van der Waals surface area contributed by atoms with Gasteiger partial charge in [0.1, 0.15) is 11.5 Å². The van der Waals surface area contributed by atoms with Crippen LogP contribution in [-0.2, 0) is 5.54 Å². The molecule has 4 nitrogen and oxygen atoms in total.